The normalized spacial score (nSPS) is 16.0. The van der Waals surface area contributed by atoms with E-state index in [1.54, 1.807) is 24.3 Å². The number of carbonyl (C=O) groups is 1. The van der Waals surface area contributed by atoms with E-state index in [0.717, 1.165) is 0 Å². The predicted octanol–water partition coefficient (Wildman–Crippen LogP) is 2.77. The zero-order valence-electron chi connectivity index (χ0n) is 16.0. The second-order valence-corrected chi connectivity index (χ2v) is 6.98. The molecule has 0 bridgehead atoms. The summed E-state index contributed by atoms with van der Waals surface area (Å²) in [6, 6.07) is 10.7. The van der Waals surface area contributed by atoms with Crippen molar-refractivity contribution in [3.05, 3.63) is 68.8 Å². The van der Waals surface area contributed by atoms with Gasteiger partial charge in [-0.25, -0.2) is 9.78 Å². The van der Waals surface area contributed by atoms with Crippen LogP contribution < -0.4 is 10.3 Å². The van der Waals surface area contributed by atoms with Crippen molar-refractivity contribution in [2.24, 2.45) is 0 Å². The lowest BCUT2D eigenvalue weighted by molar-refractivity contribution is -0.384. The fourth-order valence-electron chi connectivity index (χ4n) is 3.70. The van der Waals surface area contributed by atoms with E-state index in [-0.39, 0.29) is 23.5 Å². The lowest BCUT2D eigenvalue weighted by Crippen LogP contribution is -2.29. The average Bonchev–Trinajstić information content (AvgIpc) is 3.24. The van der Waals surface area contributed by atoms with E-state index in [4.69, 9.17) is 4.74 Å². The number of non-ortho nitro benzene ring substituents is 1. The number of rotatable bonds is 4. The monoisotopic (exact) mass is 410 g/mol. The molecule has 0 unspecified atom stereocenters. The van der Waals surface area contributed by atoms with Gasteiger partial charge < -0.3 is 14.7 Å². The van der Waals surface area contributed by atoms with Gasteiger partial charge in [0.25, 0.3) is 11.2 Å². The topological polar surface area (TPSA) is 128 Å². The molecule has 154 valence electrons. The van der Waals surface area contributed by atoms with Crippen molar-refractivity contribution >= 4 is 22.7 Å². The van der Waals surface area contributed by atoms with Crippen LogP contribution in [0.3, 0.4) is 0 Å². The Morgan fingerprint density at radius 2 is 2.00 bits per heavy atom. The highest BCUT2D eigenvalue weighted by Gasteiger charge is 2.31. The summed E-state index contributed by atoms with van der Waals surface area (Å²) < 4.78 is 6.57. The van der Waals surface area contributed by atoms with Crippen LogP contribution in [0.25, 0.3) is 16.6 Å². The molecule has 10 heteroatoms. The molecule has 0 radical (unpaired) electrons. The highest BCUT2D eigenvalue weighted by atomic mass is 16.6. The fourth-order valence-corrected chi connectivity index (χ4v) is 3.70. The summed E-state index contributed by atoms with van der Waals surface area (Å²) in [7, 11) is 1.53. The van der Waals surface area contributed by atoms with Crippen LogP contribution in [0.4, 0.5) is 10.5 Å². The number of aromatic nitrogens is 2. The first-order chi connectivity index (χ1) is 14.4. The minimum atomic E-state index is -1.02. The Balaban J connectivity index is 1.94. The Labute approximate surface area is 170 Å². The van der Waals surface area contributed by atoms with Gasteiger partial charge in [0.05, 0.1) is 28.6 Å². The van der Waals surface area contributed by atoms with Crippen LogP contribution in [-0.4, -0.2) is 50.8 Å². The third-order valence-electron chi connectivity index (χ3n) is 5.24. The molecule has 30 heavy (non-hydrogen) atoms. The summed E-state index contributed by atoms with van der Waals surface area (Å²) in [5.74, 6) is 0.751. The second-order valence-electron chi connectivity index (χ2n) is 6.98. The standard InChI is InChI=1S/C20H18N4O6/c1-30-15-5-2-13(3-6-15)23-18(12-8-9-22(11-12)20(26)27)21-17-7-4-14(24(28)29)10-16(17)19(23)25/h2-7,10,12H,8-9,11H2,1H3,(H,26,27)/t12-/m1/s1. The van der Waals surface area contributed by atoms with Crippen LogP contribution in [0.15, 0.2) is 47.3 Å². The number of likely N-dealkylation sites (tertiary alicyclic amines) is 1. The summed E-state index contributed by atoms with van der Waals surface area (Å²) in [6.07, 6.45) is -0.500. The number of nitro benzene ring substituents is 1. The van der Waals surface area contributed by atoms with Crippen molar-refractivity contribution in [1.29, 1.82) is 0 Å². The van der Waals surface area contributed by atoms with E-state index in [2.05, 4.69) is 4.98 Å². The van der Waals surface area contributed by atoms with Crippen molar-refractivity contribution in [2.75, 3.05) is 20.2 Å². The van der Waals surface area contributed by atoms with Crippen molar-refractivity contribution < 1.29 is 19.6 Å². The lowest BCUT2D eigenvalue weighted by Gasteiger charge is -2.18. The van der Waals surface area contributed by atoms with Gasteiger partial charge in [-0.3, -0.25) is 19.5 Å². The number of methoxy groups -OCH3 is 1. The number of ether oxygens (including phenoxy) is 1. The summed E-state index contributed by atoms with van der Waals surface area (Å²) in [4.78, 5) is 41.2. The molecule has 2 aromatic carbocycles. The number of benzene rings is 2. The molecule has 1 aliphatic heterocycles. The zero-order chi connectivity index (χ0) is 21.4. The first-order valence-corrected chi connectivity index (χ1v) is 9.22. The second kappa shape index (κ2) is 7.47. The van der Waals surface area contributed by atoms with Crippen molar-refractivity contribution in [3.63, 3.8) is 0 Å². The van der Waals surface area contributed by atoms with Crippen LogP contribution in [0.2, 0.25) is 0 Å². The van der Waals surface area contributed by atoms with Gasteiger partial charge in [-0.05, 0) is 36.8 Å². The van der Waals surface area contributed by atoms with Gasteiger partial charge >= 0.3 is 6.09 Å². The van der Waals surface area contributed by atoms with Gasteiger partial charge in [0.15, 0.2) is 0 Å². The van der Waals surface area contributed by atoms with Crippen molar-refractivity contribution in [3.8, 4) is 11.4 Å². The summed E-state index contributed by atoms with van der Waals surface area (Å²) in [6.45, 7) is 0.563. The molecule has 0 spiro atoms. The molecule has 4 rings (SSSR count). The first kappa shape index (κ1) is 19.4. The van der Waals surface area contributed by atoms with E-state index in [1.165, 1.54) is 34.8 Å². The van der Waals surface area contributed by atoms with Crippen LogP contribution in [-0.2, 0) is 0 Å². The Morgan fingerprint density at radius 3 is 2.60 bits per heavy atom. The van der Waals surface area contributed by atoms with E-state index in [1.807, 2.05) is 0 Å². The molecule has 1 N–H and O–H groups in total. The van der Waals surface area contributed by atoms with E-state index < -0.39 is 16.6 Å². The molecule has 2 heterocycles. The molecule has 3 aromatic rings. The maximum absolute atomic E-state index is 13.4. The molecule has 1 aliphatic rings. The third kappa shape index (κ3) is 3.32. The van der Waals surface area contributed by atoms with Crippen molar-refractivity contribution in [2.45, 2.75) is 12.3 Å². The molecule has 1 fully saturated rings. The number of nitrogens with zero attached hydrogens (tertiary/aromatic N) is 4. The highest BCUT2D eigenvalue weighted by Crippen LogP contribution is 2.29. The Bertz CT molecular complexity index is 1200. The molecular formula is C20H18N4O6. The van der Waals surface area contributed by atoms with E-state index in [9.17, 15) is 24.8 Å². The highest BCUT2D eigenvalue weighted by molar-refractivity contribution is 5.80. The van der Waals surface area contributed by atoms with Gasteiger partial charge in [-0.2, -0.15) is 0 Å². The minimum Gasteiger partial charge on any atom is -0.497 e. The molecule has 1 aromatic heterocycles. The Kier molecular flexibility index (Phi) is 4.82. The molecule has 0 aliphatic carbocycles. The molecule has 0 saturated carbocycles. The Morgan fingerprint density at radius 1 is 1.27 bits per heavy atom. The summed E-state index contributed by atoms with van der Waals surface area (Å²) in [5.41, 5.74) is 0.204. The van der Waals surface area contributed by atoms with Crippen LogP contribution in [0.5, 0.6) is 5.75 Å². The maximum atomic E-state index is 13.4. The quantitative estimate of drug-likeness (QED) is 0.517. The number of nitro groups is 1. The van der Waals surface area contributed by atoms with Crippen molar-refractivity contribution in [1.82, 2.24) is 14.5 Å². The Hall–Kier alpha value is -3.95. The van der Waals surface area contributed by atoms with Gasteiger partial charge in [0.1, 0.15) is 11.6 Å². The van der Waals surface area contributed by atoms with Crippen LogP contribution in [0, 0.1) is 10.1 Å². The summed E-state index contributed by atoms with van der Waals surface area (Å²) in [5, 5.41) is 20.6. The number of hydrogen-bond acceptors (Lipinski definition) is 6. The maximum Gasteiger partial charge on any atom is 0.407 e. The number of amides is 1. The minimum absolute atomic E-state index is 0.122. The zero-order valence-corrected chi connectivity index (χ0v) is 16.0. The van der Waals surface area contributed by atoms with Gasteiger partial charge in [-0.1, -0.05) is 0 Å². The molecule has 1 saturated heterocycles. The number of carboxylic acid groups (broad SMARTS) is 1. The molecule has 1 atom stereocenters. The van der Waals surface area contributed by atoms with Crippen LogP contribution >= 0.6 is 0 Å². The number of fused-ring (bicyclic) bond motifs is 1. The molecule has 1 amide bonds. The SMILES string of the molecule is COc1ccc(-n2c([C@@H]3CCN(C(=O)O)C3)nc3ccc([N+](=O)[O-])cc3c2=O)cc1. The van der Waals surface area contributed by atoms with Gasteiger partial charge in [0, 0.05) is 31.1 Å². The third-order valence-corrected chi connectivity index (χ3v) is 5.24. The largest absolute Gasteiger partial charge is 0.497 e. The lowest BCUT2D eigenvalue weighted by atomic mass is 10.1. The smallest absolute Gasteiger partial charge is 0.407 e. The number of hydrogen-bond donors (Lipinski definition) is 1. The summed E-state index contributed by atoms with van der Waals surface area (Å²) >= 11 is 0. The van der Waals surface area contributed by atoms with E-state index >= 15 is 0 Å². The fraction of sp³-hybridized carbons (Fsp3) is 0.250. The van der Waals surface area contributed by atoms with E-state index in [0.29, 0.717) is 35.7 Å². The predicted molar refractivity (Wildman–Crippen MR) is 108 cm³/mol. The average molecular weight is 410 g/mol. The molecule has 10 nitrogen and oxygen atoms in total. The van der Waals surface area contributed by atoms with Gasteiger partial charge in [0.2, 0.25) is 0 Å². The van der Waals surface area contributed by atoms with Gasteiger partial charge in [-0.15, -0.1) is 0 Å². The first-order valence-electron chi connectivity index (χ1n) is 9.22. The van der Waals surface area contributed by atoms with Crippen LogP contribution in [0.1, 0.15) is 18.2 Å². The molecular weight excluding hydrogens is 392 g/mol.